The average molecular weight is 235 g/mol. The van der Waals surface area contributed by atoms with Gasteiger partial charge in [-0.3, -0.25) is 4.79 Å². The fourth-order valence-corrected chi connectivity index (χ4v) is 1.64. The van der Waals surface area contributed by atoms with E-state index < -0.39 is 0 Å². The number of benzene rings is 1. The second kappa shape index (κ2) is 6.13. The number of likely N-dealkylation sites (N-methyl/N-ethyl adjacent to an activating group) is 1. The summed E-state index contributed by atoms with van der Waals surface area (Å²) in [5, 5.41) is 5.87. The third-order valence-electron chi connectivity index (χ3n) is 2.52. The van der Waals surface area contributed by atoms with Crippen molar-refractivity contribution in [2.24, 2.45) is 0 Å². The van der Waals surface area contributed by atoms with Gasteiger partial charge in [-0.2, -0.15) is 0 Å². The van der Waals surface area contributed by atoms with Gasteiger partial charge in [-0.15, -0.1) is 0 Å². The Kier molecular flexibility index (Phi) is 4.82. The van der Waals surface area contributed by atoms with E-state index in [9.17, 15) is 4.79 Å². The second-order valence-corrected chi connectivity index (χ2v) is 4.20. The molecule has 1 aromatic rings. The quantitative estimate of drug-likeness (QED) is 0.815. The first-order valence-electron chi connectivity index (χ1n) is 5.83. The van der Waals surface area contributed by atoms with E-state index in [0.29, 0.717) is 13.1 Å². The first-order chi connectivity index (χ1) is 8.04. The minimum Gasteiger partial charge on any atom is -0.377 e. The number of anilines is 2. The van der Waals surface area contributed by atoms with Gasteiger partial charge in [0, 0.05) is 32.0 Å². The smallest absolute Gasteiger partial charge is 0.239 e. The monoisotopic (exact) mass is 235 g/mol. The molecule has 0 radical (unpaired) electrons. The Labute approximate surface area is 103 Å². The van der Waals surface area contributed by atoms with Crippen molar-refractivity contribution in [3.63, 3.8) is 0 Å². The Hall–Kier alpha value is -1.71. The number of amides is 1. The molecule has 17 heavy (non-hydrogen) atoms. The maximum atomic E-state index is 11.3. The molecule has 0 aliphatic carbocycles. The molecule has 0 aromatic heterocycles. The van der Waals surface area contributed by atoms with Crippen LogP contribution in [0.25, 0.3) is 0 Å². The van der Waals surface area contributed by atoms with E-state index in [0.717, 1.165) is 11.4 Å². The molecule has 4 heteroatoms. The summed E-state index contributed by atoms with van der Waals surface area (Å²) in [5.74, 6) is 0.0134. The van der Waals surface area contributed by atoms with E-state index in [1.165, 1.54) is 5.56 Å². The molecule has 4 nitrogen and oxygen atoms in total. The molecule has 0 unspecified atom stereocenters. The van der Waals surface area contributed by atoms with Crippen LogP contribution < -0.4 is 15.5 Å². The SMILES string of the molecule is CCNC(=O)CNc1ccc(C)c(N(C)C)c1. The lowest BCUT2D eigenvalue weighted by Gasteiger charge is -2.17. The van der Waals surface area contributed by atoms with Crippen LogP contribution in [0.4, 0.5) is 11.4 Å². The van der Waals surface area contributed by atoms with Gasteiger partial charge in [0.1, 0.15) is 0 Å². The highest BCUT2D eigenvalue weighted by Gasteiger charge is 2.03. The van der Waals surface area contributed by atoms with Gasteiger partial charge in [0.05, 0.1) is 6.54 Å². The van der Waals surface area contributed by atoms with Gasteiger partial charge in [-0.25, -0.2) is 0 Å². The normalized spacial score (nSPS) is 9.88. The topological polar surface area (TPSA) is 44.4 Å². The highest BCUT2D eigenvalue weighted by atomic mass is 16.1. The van der Waals surface area contributed by atoms with Crippen LogP contribution in [0.15, 0.2) is 18.2 Å². The lowest BCUT2D eigenvalue weighted by atomic mass is 10.1. The van der Waals surface area contributed by atoms with Crippen molar-refractivity contribution in [2.45, 2.75) is 13.8 Å². The molecule has 1 rings (SSSR count). The molecule has 94 valence electrons. The molecule has 2 N–H and O–H groups in total. The van der Waals surface area contributed by atoms with Crippen molar-refractivity contribution in [3.05, 3.63) is 23.8 Å². The lowest BCUT2D eigenvalue weighted by molar-refractivity contribution is -0.119. The van der Waals surface area contributed by atoms with E-state index in [1.807, 2.05) is 27.1 Å². The van der Waals surface area contributed by atoms with Crippen molar-refractivity contribution in [2.75, 3.05) is 37.4 Å². The predicted molar refractivity (Wildman–Crippen MR) is 72.7 cm³/mol. The van der Waals surface area contributed by atoms with Gasteiger partial charge in [0.15, 0.2) is 0 Å². The molecule has 0 spiro atoms. The zero-order valence-electron chi connectivity index (χ0n) is 11.0. The number of hydrogen-bond donors (Lipinski definition) is 2. The molecule has 1 aromatic carbocycles. The molecule has 0 fully saturated rings. The zero-order chi connectivity index (χ0) is 12.8. The van der Waals surface area contributed by atoms with Crippen LogP contribution in [0.3, 0.4) is 0 Å². The van der Waals surface area contributed by atoms with Crippen LogP contribution in [0, 0.1) is 6.92 Å². The number of carbonyl (C=O) groups is 1. The third kappa shape index (κ3) is 3.98. The van der Waals surface area contributed by atoms with Crippen LogP contribution in [0.1, 0.15) is 12.5 Å². The Morgan fingerprint density at radius 2 is 2.06 bits per heavy atom. The van der Waals surface area contributed by atoms with Crippen molar-refractivity contribution in [3.8, 4) is 0 Å². The molecule has 0 aliphatic rings. The summed E-state index contributed by atoms with van der Waals surface area (Å²) in [4.78, 5) is 13.4. The van der Waals surface area contributed by atoms with E-state index in [1.54, 1.807) is 0 Å². The maximum absolute atomic E-state index is 11.3. The van der Waals surface area contributed by atoms with Crippen LogP contribution in [0.5, 0.6) is 0 Å². The van der Waals surface area contributed by atoms with E-state index in [-0.39, 0.29) is 5.91 Å². The number of aryl methyl sites for hydroxylation is 1. The fourth-order valence-electron chi connectivity index (χ4n) is 1.64. The number of rotatable bonds is 5. The highest BCUT2D eigenvalue weighted by molar-refractivity contribution is 5.81. The van der Waals surface area contributed by atoms with Crippen LogP contribution in [-0.2, 0) is 4.79 Å². The fraction of sp³-hybridized carbons (Fsp3) is 0.462. The Balaban J connectivity index is 2.66. The highest BCUT2D eigenvalue weighted by Crippen LogP contribution is 2.22. The maximum Gasteiger partial charge on any atom is 0.239 e. The molecule has 0 atom stereocenters. The molecule has 1 amide bonds. The summed E-state index contributed by atoms with van der Waals surface area (Å²) >= 11 is 0. The van der Waals surface area contributed by atoms with Crippen molar-refractivity contribution < 1.29 is 4.79 Å². The largest absolute Gasteiger partial charge is 0.377 e. The first kappa shape index (κ1) is 13.4. The third-order valence-corrected chi connectivity index (χ3v) is 2.52. The molecule has 0 bridgehead atoms. The Morgan fingerprint density at radius 3 is 2.65 bits per heavy atom. The van der Waals surface area contributed by atoms with Crippen LogP contribution in [0.2, 0.25) is 0 Å². The zero-order valence-corrected chi connectivity index (χ0v) is 11.0. The van der Waals surface area contributed by atoms with E-state index in [2.05, 4.69) is 34.6 Å². The molecule has 0 saturated heterocycles. The van der Waals surface area contributed by atoms with Gasteiger partial charge >= 0.3 is 0 Å². The van der Waals surface area contributed by atoms with Crippen molar-refractivity contribution in [1.29, 1.82) is 0 Å². The Morgan fingerprint density at radius 1 is 1.35 bits per heavy atom. The summed E-state index contributed by atoms with van der Waals surface area (Å²) in [7, 11) is 4.02. The minimum atomic E-state index is 0.0134. The van der Waals surface area contributed by atoms with E-state index in [4.69, 9.17) is 0 Å². The minimum absolute atomic E-state index is 0.0134. The number of nitrogens with one attached hydrogen (secondary N) is 2. The summed E-state index contributed by atoms with van der Waals surface area (Å²) < 4.78 is 0. The van der Waals surface area contributed by atoms with Gasteiger partial charge in [-0.05, 0) is 31.5 Å². The predicted octanol–water partition coefficient (Wildman–Crippen LogP) is 1.61. The summed E-state index contributed by atoms with van der Waals surface area (Å²) in [6.07, 6.45) is 0. The molecule has 0 saturated carbocycles. The average Bonchev–Trinajstić information content (AvgIpc) is 2.28. The summed E-state index contributed by atoms with van der Waals surface area (Å²) in [6.45, 7) is 4.96. The second-order valence-electron chi connectivity index (χ2n) is 4.20. The van der Waals surface area contributed by atoms with Crippen molar-refractivity contribution in [1.82, 2.24) is 5.32 Å². The van der Waals surface area contributed by atoms with Gasteiger partial charge in [-0.1, -0.05) is 6.07 Å². The van der Waals surface area contributed by atoms with Crippen LogP contribution in [-0.4, -0.2) is 33.1 Å². The van der Waals surface area contributed by atoms with Gasteiger partial charge in [0.2, 0.25) is 5.91 Å². The summed E-state index contributed by atoms with van der Waals surface area (Å²) in [6, 6.07) is 6.09. The molecule has 0 aliphatic heterocycles. The molecule has 0 heterocycles. The van der Waals surface area contributed by atoms with Crippen LogP contribution >= 0.6 is 0 Å². The Bertz CT molecular complexity index is 388. The first-order valence-corrected chi connectivity index (χ1v) is 5.83. The standard InChI is InChI=1S/C13H21N3O/c1-5-14-13(17)9-15-11-7-6-10(2)12(8-11)16(3)4/h6-8,15H,5,9H2,1-4H3,(H,14,17). The number of carbonyl (C=O) groups excluding carboxylic acids is 1. The lowest BCUT2D eigenvalue weighted by Crippen LogP contribution is -2.29. The van der Waals surface area contributed by atoms with Crippen molar-refractivity contribution >= 4 is 17.3 Å². The molecular formula is C13H21N3O. The van der Waals surface area contributed by atoms with E-state index >= 15 is 0 Å². The summed E-state index contributed by atoms with van der Waals surface area (Å²) in [5.41, 5.74) is 3.34. The number of hydrogen-bond acceptors (Lipinski definition) is 3. The molecular weight excluding hydrogens is 214 g/mol. The number of nitrogens with zero attached hydrogens (tertiary/aromatic N) is 1. The van der Waals surface area contributed by atoms with Gasteiger partial charge < -0.3 is 15.5 Å². The van der Waals surface area contributed by atoms with Gasteiger partial charge in [0.25, 0.3) is 0 Å².